The third-order valence-corrected chi connectivity index (χ3v) is 4.21. The fourth-order valence-electron chi connectivity index (χ4n) is 2.76. The maximum absolute atomic E-state index is 12.6. The van der Waals surface area contributed by atoms with Gasteiger partial charge in [0.25, 0.3) is 11.8 Å². The van der Waals surface area contributed by atoms with Crippen molar-refractivity contribution in [2.45, 2.75) is 6.92 Å². The van der Waals surface area contributed by atoms with Crippen molar-refractivity contribution < 1.29 is 19.1 Å². The second-order valence-corrected chi connectivity index (χ2v) is 6.43. The highest BCUT2D eigenvalue weighted by Gasteiger charge is 2.09. The minimum absolute atomic E-state index is 0.212. The molecule has 0 unspecified atom stereocenters. The van der Waals surface area contributed by atoms with Crippen LogP contribution < -0.4 is 15.4 Å². The van der Waals surface area contributed by atoms with E-state index < -0.39 is 0 Å². The third-order valence-electron chi connectivity index (χ3n) is 4.21. The molecule has 0 spiro atoms. The third kappa shape index (κ3) is 6.18. The highest BCUT2D eigenvalue weighted by Crippen LogP contribution is 2.19. The van der Waals surface area contributed by atoms with E-state index in [2.05, 4.69) is 10.6 Å². The monoisotopic (exact) mass is 404 g/mol. The summed E-state index contributed by atoms with van der Waals surface area (Å²) < 4.78 is 10.8. The molecule has 0 saturated heterocycles. The van der Waals surface area contributed by atoms with Crippen LogP contribution in [0.4, 0.5) is 11.4 Å². The first-order valence-electron chi connectivity index (χ1n) is 9.74. The van der Waals surface area contributed by atoms with Crippen LogP contribution in [0.3, 0.4) is 0 Å². The van der Waals surface area contributed by atoms with Crippen molar-refractivity contribution in [3.8, 4) is 5.75 Å². The zero-order valence-electron chi connectivity index (χ0n) is 16.8. The van der Waals surface area contributed by atoms with E-state index in [4.69, 9.17) is 9.47 Å². The predicted octanol–water partition coefficient (Wildman–Crippen LogP) is 4.61. The van der Waals surface area contributed by atoms with Gasteiger partial charge in [0.05, 0.1) is 6.61 Å². The molecule has 0 aliphatic carbocycles. The summed E-state index contributed by atoms with van der Waals surface area (Å²) in [4.78, 5) is 24.9. The van der Waals surface area contributed by atoms with E-state index in [1.165, 1.54) is 0 Å². The lowest BCUT2D eigenvalue weighted by atomic mass is 10.2. The number of rotatable bonds is 9. The molecule has 0 radical (unpaired) electrons. The van der Waals surface area contributed by atoms with Crippen LogP contribution in [0, 0.1) is 0 Å². The Labute approximate surface area is 175 Å². The van der Waals surface area contributed by atoms with Gasteiger partial charge in [-0.05, 0) is 55.5 Å². The number of hydrogen-bond donors (Lipinski definition) is 2. The van der Waals surface area contributed by atoms with Gasteiger partial charge in [0.15, 0.2) is 0 Å². The van der Waals surface area contributed by atoms with Crippen LogP contribution >= 0.6 is 0 Å². The molecule has 0 heterocycles. The molecule has 3 rings (SSSR count). The first-order chi connectivity index (χ1) is 14.7. The molecule has 0 saturated carbocycles. The van der Waals surface area contributed by atoms with Gasteiger partial charge in [-0.15, -0.1) is 0 Å². The van der Waals surface area contributed by atoms with Gasteiger partial charge in [-0.3, -0.25) is 9.59 Å². The fraction of sp³-hybridized carbons (Fsp3) is 0.167. The highest BCUT2D eigenvalue weighted by atomic mass is 16.5. The standard InChI is InChI=1S/C24H24N2O4/c1-2-29-14-15-30-22-13-6-10-19(16-22)24(28)26-21-12-7-11-20(17-21)25-23(27)18-8-4-3-5-9-18/h3-13,16-17H,2,14-15H2,1H3,(H,25,27)(H,26,28). The molecule has 30 heavy (non-hydrogen) atoms. The second kappa shape index (κ2) is 10.8. The van der Waals surface area contributed by atoms with Gasteiger partial charge in [-0.2, -0.15) is 0 Å². The van der Waals surface area contributed by atoms with E-state index in [-0.39, 0.29) is 11.8 Å². The highest BCUT2D eigenvalue weighted by molar-refractivity contribution is 6.06. The largest absolute Gasteiger partial charge is 0.491 e. The van der Waals surface area contributed by atoms with E-state index in [1.54, 1.807) is 72.8 Å². The molecule has 0 aliphatic heterocycles. The molecular weight excluding hydrogens is 380 g/mol. The number of carbonyl (C=O) groups is 2. The number of ether oxygens (including phenoxy) is 2. The van der Waals surface area contributed by atoms with Crippen LogP contribution in [0.2, 0.25) is 0 Å². The Balaban J connectivity index is 1.62. The van der Waals surface area contributed by atoms with Crippen molar-refractivity contribution in [2.75, 3.05) is 30.5 Å². The number of carbonyl (C=O) groups excluding carboxylic acids is 2. The average molecular weight is 404 g/mol. The number of amides is 2. The van der Waals surface area contributed by atoms with Gasteiger partial charge in [-0.25, -0.2) is 0 Å². The maximum Gasteiger partial charge on any atom is 0.255 e. The van der Waals surface area contributed by atoms with E-state index >= 15 is 0 Å². The first kappa shape index (κ1) is 21.1. The van der Waals surface area contributed by atoms with Crippen molar-refractivity contribution in [3.05, 3.63) is 90.0 Å². The van der Waals surface area contributed by atoms with Gasteiger partial charge < -0.3 is 20.1 Å². The van der Waals surface area contributed by atoms with Gasteiger partial charge in [0.1, 0.15) is 12.4 Å². The van der Waals surface area contributed by atoms with Crippen LogP contribution in [0.25, 0.3) is 0 Å². The van der Waals surface area contributed by atoms with E-state index in [0.29, 0.717) is 48.1 Å². The van der Waals surface area contributed by atoms with Crippen molar-refractivity contribution in [3.63, 3.8) is 0 Å². The van der Waals surface area contributed by atoms with Crippen molar-refractivity contribution in [2.24, 2.45) is 0 Å². The molecule has 6 nitrogen and oxygen atoms in total. The van der Waals surface area contributed by atoms with Gasteiger partial charge >= 0.3 is 0 Å². The molecule has 3 aromatic carbocycles. The van der Waals surface area contributed by atoms with E-state index in [0.717, 1.165) is 0 Å². The molecule has 154 valence electrons. The van der Waals surface area contributed by atoms with Crippen molar-refractivity contribution in [1.82, 2.24) is 0 Å². The summed E-state index contributed by atoms with van der Waals surface area (Å²) in [6.45, 7) is 3.47. The summed E-state index contributed by atoms with van der Waals surface area (Å²) in [5.41, 5.74) is 2.21. The van der Waals surface area contributed by atoms with E-state index in [9.17, 15) is 9.59 Å². The Morgan fingerprint density at radius 2 is 1.37 bits per heavy atom. The van der Waals surface area contributed by atoms with Gasteiger partial charge in [0.2, 0.25) is 0 Å². The lowest BCUT2D eigenvalue weighted by Gasteiger charge is -2.10. The molecule has 0 fully saturated rings. The van der Waals surface area contributed by atoms with Gasteiger partial charge in [-0.1, -0.05) is 30.3 Å². The SMILES string of the molecule is CCOCCOc1cccc(C(=O)Nc2cccc(NC(=O)c3ccccc3)c2)c1. The molecule has 0 atom stereocenters. The Hall–Kier alpha value is -3.64. The molecule has 0 bridgehead atoms. The summed E-state index contributed by atoms with van der Waals surface area (Å²) in [7, 11) is 0. The Morgan fingerprint density at radius 1 is 0.733 bits per heavy atom. The van der Waals surface area contributed by atoms with Crippen LogP contribution in [0.1, 0.15) is 27.6 Å². The minimum atomic E-state index is -0.267. The Morgan fingerprint density at radius 3 is 2.07 bits per heavy atom. The van der Waals surface area contributed by atoms with E-state index in [1.807, 2.05) is 13.0 Å². The molecule has 0 aromatic heterocycles. The fourth-order valence-corrected chi connectivity index (χ4v) is 2.76. The van der Waals surface area contributed by atoms with Crippen LogP contribution in [0.5, 0.6) is 5.75 Å². The molecule has 6 heteroatoms. The van der Waals surface area contributed by atoms with Crippen LogP contribution in [-0.4, -0.2) is 31.6 Å². The molecular formula is C24H24N2O4. The zero-order valence-corrected chi connectivity index (χ0v) is 16.8. The summed E-state index contributed by atoms with van der Waals surface area (Å²) in [6, 6.07) is 22.9. The maximum atomic E-state index is 12.6. The lowest BCUT2D eigenvalue weighted by Crippen LogP contribution is -2.14. The summed E-state index contributed by atoms with van der Waals surface area (Å²) in [5.74, 6) is 0.124. The first-order valence-corrected chi connectivity index (χ1v) is 9.74. The second-order valence-electron chi connectivity index (χ2n) is 6.43. The summed E-state index contributed by atoms with van der Waals surface area (Å²) in [5, 5.41) is 5.68. The lowest BCUT2D eigenvalue weighted by molar-refractivity contribution is 0.101. The summed E-state index contributed by atoms with van der Waals surface area (Å²) in [6.07, 6.45) is 0. The Bertz CT molecular complexity index is 989. The molecule has 2 N–H and O–H groups in total. The van der Waals surface area contributed by atoms with Crippen molar-refractivity contribution in [1.29, 1.82) is 0 Å². The number of anilines is 2. The average Bonchev–Trinajstić information content (AvgIpc) is 2.78. The normalized spacial score (nSPS) is 10.3. The van der Waals surface area contributed by atoms with Crippen LogP contribution in [0.15, 0.2) is 78.9 Å². The number of benzene rings is 3. The topological polar surface area (TPSA) is 76.7 Å². The van der Waals surface area contributed by atoms with Crippen molar-refractivity contribution >= 4 is 23.2 Å². The van der Waals surface area contributed by atoms with Crippen LogP contribution in [-0.2, 0) is 4.74 Å². The zero-order chi connectivity index (χ0) is 21.2. The minimum Gasteiger partial charge on any atom is -0.491 e. The predicted molar refractivity (Wildman–Crippen MR) is 117 cm³/mol. The molecule has 2 amide bonds. The summed E-state index contributed by atoms with van der Waals surface area (Å²) >= 11 is 0. The molecule has 3 aromatic rings. The number of nitrogens with one attached hydrogen (secondary N) is 2. The number of hydrogen-bond acceptors (Lipinski definition) is 4. The quantitative estimate of drug-likeness (QED) is 0.511. The Kier molecular flexibility index (Phi) is 7.58. The molecule has 0 aliphatic rings. The smallest absolute Gasteiger partial charge is 0.255 e. The van der Waals surface area contributed by atoms with Gasteiger partial charge in [0, 0.05) is 29.1 Å².